The minimum Gasteiger partial charge on any atom is -0.497 e. The Labute approximate surface area is 166 Å². The van der Waals surface area contributed by atoms with Gasteiger partial charge in [-0.25, -0.2) is 4.39 Å². The van der Waals surface area contributed by atoms with Crippen LogP contribution in [0.15, 0.2) is 51.3 Å². The number of thioether (sulfide) groups is 1. The van der Waals surface area contributed by atoms with Crippen LogP contribution < -0.4 is 10.1 Å². The number of ether oxygens (including phenoxy) is 1. The first kappa shape index (κ1) is 18.8. The van der Waals surface area contributed by atoms with Crippen molar-refractivity contribution in [2.75, 3.05) is 12.4 Å². The molecular weight excluding hydrogens is 441 g/mol. The molecule has 0 saturated carbocycles. The number of hydrogen-bond donors (Lipinski definition) is 1. The fraction of sp³-hybridized carbons (Fsp3) is 0.118. The zero-order chi connectivity index (χ0) is 18.5. The third-order valence-electron chi connectivity index (χ3n) is 3.35. The van der Waals surface area contributed by atoms with Crippen LogP contribution in [0.25, 0.3) is 0 Å². The van der Waals surface area contributed by atoms with Gasteiger partial charge in [0.15, 0.2) is 4.34 Å². The summed E-state index contributed by atoms with van der Waals surface area (Å²) in [5.41, 5.74) is 1.03. The average Bonchev–Trinajstić information content (AvgIpc) is 3.08. The minimum absolute atomic E-state index is 0.249. The summed E-state index contributed by atoms with van der Waals surface area (Å²) in [7, 11) is 1.54. The normalized spacial score (nSPS) is 10.6. The van der Waals surface area contributed by atoms with E-state index in [2.05, 4.69) is 31.4 Å². The molecule has 0 bridgehead atoms. The van der Waals surface area contributed by atoms with E-state index in [9.17, 15) is 9.18 Å². The molecule has 0 atom stereocenters. The highest BCUT2D eigenvalue weighted by molar-refractivity contribution is 9.10. The van der Waals surface area contributed by atoms with Crippen molar-refractivity contribution in [2.45, 2.75) is 10.1 Å². The zero-order valence-corrected chi connectivity index (χ0v) is 16.8. The van der Waals surface area contributed by atoms with E-state index >= 15 is 0 Å². The van der Waals surface area contributed by atoms with E-state index in [1.165, 1.54) is 36.3 Å². The van der Waals surface area contributed by atoms with Gasteiger partial charge in [0.05, 0.1) is 12.7 Å². The molecule has 9 heteroatoms. The summed E-state index contributed by atoms with van der Waals surface area (Å²) >= 11 is 5.95. The van der Waals surface area contributed by atoms with Crippen LogP contribution in [0.4, 0.5) is 9.52 Å². The number of aromatic nitrogens is 2. The number of carbonyl (C=O) groups is 1. The second-order valence-corrected chi connectivity index (χ2v) is 8.11. The van der Waals surface area contributed by atoms with E-state index < -0.39 is 0 Å². The van der Waals surface area contributed by atoms with E-state index in [1.54, 1.807) is 36.4 Å². The van der Waals surface area contributed by atoms with Crippen molar-refractivity contribution in [3.05, 3.63) is 63.9 Å². The molecule has 1 N–H and O–H groups in total. The molecule has 1 aromatic heterocycles. The van der Waals surface area contributed by atoms with Gasteiger partial charge in [-0.3, -0.25) is 10.1 Å². The fourth-order valence-electron chi connectivity index (χ4n) is 2.04. The molecular formula is C17H13BrFN3O2S2. The van der Waals surface area contributed by atoms with Crippen LogP contribution in [0.2, 0.25) is 0 Å². The lowest BCUT2D eigenvalue weighted by Crippen LogP contribution is -2.12. The Morgan fingerprint density at radius 3 is 2.88 bits per heavy atom. The quantitative estimate of drug-likeness (QED) is 0.420. The highest BCUT2D eigenvalue weighted by atomic mass is 79.9. The summed E-state index contributed by atoms with van der Waals surface area (Å²) in [6.07, 6.45) is 0. The maximum absolute atomic E-state index is 13.6. The number of benzene rings is 2. The van der Waals surface area contributed by atoms with Gasteiger partial charge in [-0.1, -0.05) is 41.3 Å². The molecule has 1 heterocycles. The Hall–Kier alpha value is -1.97. The first-order chi connectivity index (χ1) is 12.6. The molecule has 0 aliphatic rings. The smallest absolute Gasteiger partial charge is 0.258 e. The molecule has 0 fully saturated rings. The first-order valence-corrected chi connectivity index (χ1v) is 10.0. The standard InChI is InChI=1S/C17H13BrFN3O2S2/c1-24-11-6-7-13(18)12(8-11)15(23)20-16-21-22-17(26-16)25-9-10-4-2-3-5-14(10)19/h2-8H,9H2,1H3,(H,20,21,23). The van der Waals surface area contributed by atoms with E-state index in [4.69, 9.17) is 4.74 Å². The lowest BCUT2D eigenvalue weighted by molar-refractivity contribution is 0.102. The van der Waals surface area contributed by atoms with Gasteiger partial charge in [0.1, 0.15) is 11.6 Å². The van der Waals surface area contributed by atoms with Crippen molar-refractivity contribution in [3.8, 4) is 5.75 Å². The third-order valence-corrected chi connectivity index (χ3v) is 6.07. The Bertz CT molecular complexity index is 936. The van der Waals surface area contributed by atoms with Gasteiger partial charge >= 0.3 is 0 Å². The highest BCUT2D eigenvalue weighted by Crippen LogP contribution is 2.30. The van der Waals surface area contributed by atoms with Crippen LogP contribution in [0.1, 0.15) is 15.9 Å². The lowest BCUT2D eigenvalue weighted by Gasteiger charge is -2.06. The number of carbonyl (C=O) groups excluding carboxylic acids is 1. The van der Waals surface area contributed by atoms with E-state index in [0.717, 1.165) is 0 Å². The molecule has 26 heavy (non-hydrogen) atoms. The van der Waals surface area contributed by atoms with Gasteiger partial charge in [0, 0.05) is 10.2 Å². The van der Waals surface area contributed by atoms with E-state index in [1.807, 2.05) is 0 Å². The topological polar surface area (TPSA) is 64.1 Å². The minimum atomic E-state index is -0.322. The monoisotopic (exact) mass is 453 g/mol. The second kappa shape index (κ2) is 8.61. The number of amides is 1. The van der Waals surface area contributed by atoms with Crippen molar-refractivity contribution in [2.24, 2.45) is 0 Å². The molecule has 0 saturated heterocycles. The Balaban J connectivity index is 1.65. The molecule has 3 rings (SSSR count). The van der Waals surface area contributed by atoms with Crippen molar-refractivity contribution < 1.29 is 13.9 Å². The number of rotatable bonds is 6. The first-order valence-electron chi connectivity index (χ1n) is 7.41. The number of nitrogens with one attached hydrogen (secondary N) is 1. The molecule has 1 amide bonds. The Kier molecular flexibility index (Phi) is 6.23. The van der Waals surface area contributed by atoms with Gasteiger partial charge in [-0.15, -0.1) is 10.2 Å². The van der Waals surface area contributed by atoms with Gasteiger partial charge in [-0.2, -0.15) is 0 Å². The number of nitrogens with zero attached hydrogens (tertiary/aromatic N) is 2. The van der Waals surface area contributed by atoms with E-state index in [-0.39, 0.29) is 11.7 Å². The van der Waals surface area contributed by atoms with Crippen LogP contribution in [0, 0.1) is 5.82 Å². The maximum Gasteiger partial charge on any atom is 0.258 e. The van der Waals surface area contributed by atoms with Crippen LogP contribution in [-0.4, -0.2) is 23.2 Å². The lowest BCUT2D eigenvalue weighted by atomic mass is 10.2. The van der Waals surface area contributed by atoms with E-state index in [0.29, 0.717) is 36.6 Å². The third kappa shape index (κ3) is 4.60. The summed E-state index contributed by atoms with van der Waals surface area (Å²) < 4.78 is 20.1. The van der Waals surface area contributed by atoms with Crippen molar-refractivity contribution in [1.29, 1.82) is 0 Å². The second-order valence-electron chi connectivity index (χ2n) is 5.05. The summed E-state index contributed by atoms with van der Waals surface area (Å²) in [5, 5.41) is 11.1. The molecule has 0 aliphatic carbocycles. The summed E-state index contributed by atoms with van der Waals surface area (Å²) in [4.78, 5) is 12.4. The highest BCUT2D eigenvalue weighted by Gasteiger charge is 2.14. The predicted molar refractivity (Wildman–Crippen MR) is 105 cm³/mol. The number of hydrogen-bond acceptors (Lipinski definition) is 6. The van der Waals surface area contributed by atoms with Gasteiger partial charge in [0.2, 0.25) is 5.13 Å². The van der Waals surface area contributed by atoms with Crippen molar-refractivity contribution >= 4 is 50.1 Å². The SMILES string of the molecule is COc1ccc(Br)c(C(=O)Nc2nnc(SCc3ccccc3F)s2)c1. The average molecular weight is 454 g/mol. The van der Waals surface area contributed by atoms with Crippen LogP contribution in [-0.2, 0) is 5.75 Å². The van der Waals surface area contributed by atoms with Crippen LogP contribution in [0.3, 0.4) is 0 Å². The molecule has 134 valence electrons. The molecule has 0 unspecified atom stereocenters. The van der Waals surface area contributed by atoms with Gasteiger partial charge in [0.25, 0.3) is 5.91 Å². The Morgan fingerprint density at radius 2 is 2.12 bits per heavy atom. The molecule has 2 aromatic carbocycles. The largest absolute Gasteiger partial charge is 0.497 e. The fourth-order valence-corrected chi connectivity index (χ4v) is 4.20. The molecule has 3 aromatic rings. The Morgan fingerprint density at radius 1 is 1.31 bits per heavy atom. The number of methoxy groups -OCH3 is 1. The maximum atomic E-state index is 13.6. The number of halogens is 2. The van der Waals surface area contributed by atoms with Crippen molar-refractivity contribution in [3.63, 3.8) is 0 Å². The summed E-state index contributed by atoms with van der Waals surface area (Å²) in [6, 6.07) is 11.7. The molecule has 0 radical (unpaired) electrons. The summed E-state index contributed by atoms with van der Waals surface area (Å²) in [5.74, 6) is 0.451. The molecule has 0 aliphatic heterocycles. The van der Waals surface area contributed by atoms with Crippen molar-refractivity contribution in [1.82, 2.24) is 10.2 Å². The zero-order valence-electron chi connectivity index (χ0n) is 13.5. The van der Waals surface area contributed by atoms with Crippen LogP contribution >= 0.6 is 39.0 Å². The van der Waals surface area contributed by atoms with Gasteiger partial charge in [-0.05, 0) is 45.8 Å². The molecule has 5 nitrogen and oxygen atoms in total. The number of anilines is 1. The van der Waals surface area contributed by atoms with Crippen LogP contribution in [0.5, 0.6) is 5.75 Å². The molecule has 0 spiro atoms. The van der Waals surface area contributed by atoms with Gasteiger partial charge < -0.3 is 4.74 Å². The summed E-state index contributed by atoms with van der Waals surface area (Å²) in [6.45, 7) is 0. The predicted octanol–water partition coefficient (Wildman–Crippen LogP) is 4.99.